The molecule has 0 aliphatic carbocycles. The largest absolute Gasteiger partial charge is 0.364 e. The van der Waals surface area contributed by atoms with Crippen LogP contribution in [0, 0.1) is 13.8 Å². The number of aliphatic hydroxyl groups is 1. The van der Waals surface area contributed by atoms with Gasteiger partial charge in [0, 0.05) is 17.7 Å². The van der Waals surface area contributed by atoms with Gasteiger partial charge in [-0.05, 0) is 37.6 Å². The van der Waals surface area contributed by atoms with Crippen molar-refractivity contribution in [3.63, 3.8) is 0 Å². The molecule has 0 saturated carbocycles. The van der Waals surface area contributed by atoms with E-state index in [1.54, 1.807) is 16.8 Å². The molecule has 2 heterocycles. The molecular weight excluding hydrogens is 380 g/mol. The molecule has 2 aromatic rings. The van der Waals surface area contributed by atoms with Gasteiger partial charge >= 0.3 is 0 Å². The van der Waals surface area contributed by atoms with Crippen LogP contribution in [0.4, 0.5) is 17.6 Å². The van der Waals surface area contributed by atoms with Gasteiger partial charge in [0.25, 0.3) is 18.8 Å². The van der Waals surface area contributed by atoms with Crippen molar-refractivity contribution in [2.24, 2.45) is 5.10 Å². The van der Waals surface area contributed by atoms with Crippen LogP contribution in [0.25, 0.3) is 0 Å². The minimum Gasteiger partial charge on any atom is -0.364 e. The van der Waals surface area contributed by atoms with Gasteiger partial charge in [0.15, 0.2) is 0 Å². The van der Waals surface area contributed by atoms with Crippen LogP contribution in [0.1, 0.15) is 33.7 Å². The number of carbonyl (C=O) groups is 1. The van der Waals surface area contributed by atoms with E-state index in [2.05, 4.69) is 10.2 Å². The van der Waals surface area contributed by atoms with Gasteiger partial charge in [-0.3, -0.25) is 9.48 Å². The fraction of sp³-hybridized carbons (Fsp3) is 0.389. The molecule has 1 aliphatic heterocycles. The molecule has 0 spiro atoms. The van der Waals surface area contributed by atoms with Crippen LogP contribution in [0.5, 0.6) is 0 Å². The maximum absolute atomic E-state index is 13.3. The third-order valence-corrected chi connectivity index (χ3v) is 4.47. The van der Waals surface area contributed by atoms with Gasteiger partial charge in [0.1, 0.15) is 5.71 Å². The van der Waals surface area contributed by atoms with Gasteiger partial charge in [0.2, 0.25) is 5.72 Å². The first-order chi connectivity index (χ1) is 13.1. The van der Waals surface area contributed by atoms with Crippen LogP contribution >= 0.6 is 0 Å². The van der Waals surface area contributed by atoms with Crippen molar-refractivity contribution in [2.75, 3.05) is 0 Å². The molecule has 10 heteroatoms. The number of halogens is 4. The number of amides is 1. The Kier molecular flexibility index (Phi) is 5.24. The van der Waals surface area contributed by atoms with Crippen molar-refractivity contribution < 1.29 is 27.5 Å². The predicted octanol–water partition coefficient (Wildman–Crippen LogP) is 2.97. The average Bonchev–Trinajstić information content (AvgIpc) is 3.15. The Labute approximate surface area is 158 Å². The Morgan fingerprint density at radius 1 is 1.21 bits per heavy atom. The van der Waals surface area contributed by atoms with Gasteiger partial charge in [-0.25, -0.2) is 17.6 Å². The zero-order valence-corrected chi connectivity index (χ0v) is 15.1. The van der Waals surface area contributed by atoms with E-state index in [9.17, 15) is 27.5 Å². The second-order valence-corrected chi connectivity index (χ2v) is 6.65. The Morgan fingerprint density at radius 2 is 1.86 bits per heavy atom. The number of hydrazone groups is 1. The molecule has 1 aliphatic rings. The van der Waals surface area contributed by atoms with Crippen molar-refractivity contribution >= 4 is 11.6 Å². The molecule has 1 aromatic heterocycles. The summed E-state index contributed by atoms with van der Waals surface area (Å²) in [5.41, 5.74) is -1.51. The Hall–Kier alpha value is -2.75. The molecule has 28 heavy (non-hydrogen) atoms. The highest BCUT2D eigenvalue weighted by Crippen LogP contribution is 2.34. The number of carbonyl (C=O) groups excluding carboxylic acids is 1. The quantitative estimate of drug-likeness (QED) is 0.788. The van der Waals surface area contributed by atoms with Crippen LogP contribution in [0.3, 0.4) is 0 Å². The van der Waals surface area contributed by atoms with Crippen LogP contribution < -0.4 is 0 Å². The van der Waals surface area contributed by atoms with Crippen LogP contribution in [-0.2, 0) is 6.54 Å². The molecule has 150 valence electrons. The van der Waals surface area contributed by atoms with Crippen LogP contribution in [-0.4, -0.2) is 50.1 Å². The first-order valence-electron chi connectivity index (χ1n) is 8.42. The molecule has 1 amide bonds. The lowest BCUT2D eigenvalue weighted by molar-refractivity contribution is -0.164. The number of nitrogens with zero attached hydrogens (tertiary/aromatic N) is 4. The van der Waals surface area contributed by atoms with Gasteiger partial charge in [-0.2, -0.15) is 15.2 Å². The zero-order valence-electron chi connectivity index (χ0n) is 15.1. The summed E-state index contributed by atoms with van der Waals surface area (Å²) in [6.07, 6.45) is -7.71. The lowest BCUT2D eigenvalue weighted by atomic mass is 10.1. The Bertz CT molecular complexity index is 911. The molecule has 0 radical (unpaired) electrons. The monoisotopic (exact) mass is 398 g/mol. The molecule has 1 N–H and O–H groups in total. The van der Waals surface area contributed by atoms with Crippen molar-refractivity contribution in [2.45, 2.75) is 45.4 Å². The highest BCUT2D eigenvalue weighted by Gasteiger charge is 2.53. The van der Waals surface area contributed by atoms with E-state index < -0.39 is 36.6 Å². The lowest BCUT2D eigenvalue weighted by Crippen LogP contribution is -2.51. The zero-order chi connectivity index (χ0) is 20.6. The van der Waals surface area contributed by atoms with E-state index in [4.69, 9.17) is 0 Å². The summed E-state index contributed by atoms with van der Waals surface area (Å²) in [6, 6.07) is 7.84. The van der Waals surface area contributed by atoms with E-state index in [1.807, 2.05) is 19.9 Å². The Balaban J connectivity index is 1.82. The molecule has 0 bridgehead atoms. The normalized spacial score (nSPS) is 19.6. The highest BCUT2D eigenvalue weighted by molar-refractivity contribution is 5.99. The van der Waals surface area contributed by atoms with Crippen molar-refractivity contribution in [1.82, 2.24) is 14.8 Å². The summed E-state index contributed by atoms with van der Waals surface area (Å²) in [5, 5.41) is 17.7. The smallest absolute Gasteiger partial charge is 0.287 e. The minimum absolute atomic E-state index is 0.0508. The first-order valence-corrected chi connectivity index (χ1v) is 8.42. The molecule has 1 atom stereocenters. The maximum Gasteiger partial charge on any atom is 0.287 e. The fourth-order valence-electron chi connectivity index (χ4n) is 2.99. The first kappa shape index (κ1) is 20.0. The molecule has 0 fully saturated rings. The van der Waals surface area contributed by atoms with E-state index in [-0.39, 0.29) is 10.6 Å². The second-order valence-electron chi connectivity index (χ2n) is 6.65. The van der Waals surface area contributed by atoms with Gasteiger partial charge in [-0.1, -0.05) is 12.1 Å². The standard InChI is InChI=1S/C18H18F4N4O2/c1-10-7-11(2)25(23-10)9-12-3-5-13(6-4-12)16(27)26-18(28,17(21)22)8-14(24-26)15(19)20/h3-7,15,17,28H,8-9H2,1-2H3/t18-/m1/s1. The Morgan fingerprint density at radius 3 is 2.36 bits per heavy atom. The average molecular weight is 398 g/mol. The summed E-state index contributed by atoms with van der Waals surface area (Å²) in [5.74, 6) is -1.09. The third kappa shape index (κ3) is 3.64. The van der Waals surface area contributed by atoms with Crippen molar-refractivity contribution in [3.05, 3.63) is 52.8 Å². The van der Waals surface area contributed by atoms with Gasteiger partial charge < -0.3 is 5.11 Å². The number of aromatic nitrogens is 2. The lowest BCUT2D eigenvalue weighted by Gasteiger charge is -2.30. The predicted molar refractivity (Wildman–Crippen MR) is 92.4 cm³/mol. The molecule has 6 nitrogen and oxygen atoms in total. The molecular formula is C18H18F4N4O2. The summed E-state index contributed by atoms with van der Waals surface area (Å²) in [6.45, 7) is 4.20. The van der Waals surface area contributed by atoms with Crippen molar-refractivity contribution in [3.8, 4) is 0 Å². The minimum atomic E-state index is -3.46. The van der Waals surface area contributed by atoms with Crippen LogP contribution in [0.15, 0.2) is 35.4 Å². The van der Waals surface area contributed by atoms with Crippen LogP contribution in [0.2, 0.25) is 0 Å². The number of benzene rings is 1. The number of hydrogen-bond donors (Lipinski definition) is 1. The van der Waals surface area contributed by atoms with Gasteiger partial charge in [-0.15, -0.1) is 0 Å². The summed E-state index contributed by atoms with van der Waals surface area (Å²) >= 11 is 0. The number of hydrogen-bond acceptors (Lipinski definition) is 4. The van der Waals surface area contributed by atoms with E-state index in [0.29, 0.717) is 6.54 Å². The fourth-order valence-corrected chi connectivity index (χ4v) is 2.99. The molecule has 0 unspecified atom stereocenters. The number of aryl methyl sites for hydroxylation is 2. The second kappa shape index (κ2) is 7.34. The maximum atomic E-state index is 13.3. The van der Waals surface area contributed by atoms with E-state index >= 15 is 0 Å². The number of alkyl halides is 4. The summed E-state index contributed by atoms with van der Waals surface area (Å²) in [4.78, 5) is 12.5. The summed E-state index contributed by atoms with van der Waals surface area (Å²) < 4.78 is 54.0. The SMILES string of the molecule is Cc1cc(C)n(Cc2ccc(C(=O)N3N=C(C(F)F)C[C@@]3(O)C(F)F)cc2)n1. The molecule has 1 aromatic carbocycles. The highest BCUT2D eigenvalue weighted by atomic mass is 19.3. The molecule has 0 saturated heterocycles. The van der Waals surface area contributed by atoms with Crippen molar-refractivity contribution in [1.29, 1.82) is 0 Å². The third-order valence-electron chi connectivity index (χ3n) is 4.47. The molecule has 3 rings (SSSR count). The number of rotatable bonds is 5. The van der Waals surface area contributed by atoms with E-state index in [1.165, 1.54) is 12.1 Å². The topological polar surface area (TPSA) is 70.7 Å². The summed E-state index contributed by atoms with van der Waals surface area (Å²) in [7, 11) is 0. The van der Waals surface area contributed by atoms with E-state index in [0.717, 1.165) is 17.0 Å². The van der Waals surface area contributed by atoms with Gasteiger partial charge in [0.05, 0.1) is 12.2 Å².